The normalized spacial score (nSPS) is 21.1. The van der Waals surface area contributed by atoms with Gasteiger partial charge in [0.05, 0.1) is 0 Å². The van der Waals surface area contributed by atoms with Gasteiger partial charge in [-0.15, -0.1) is 0 Å². The minimum atomic E-state index is -0.213. The molecule has 0 aliphatic carbocycles. The second kappa shape index (κ2) is 4.13. The number of carbonyl (C=O) groups excluding carboxylic acids is 1. The van der Waals surface area contributed by atoms with Crippen molar-refractivity contribution < 1.29 is 9.53 Å². The molecule has 1 unspecified atom stereocenters. The third-order valence-electron chi connectivity index (χ3n) is 1.90. The summed E-state index contributed by atoms with van der Waals surface area (Å²) in [5, 5.41) is 0. The zero-order valence-electron chi connectivity index (χ0n) is 6.53. The summed E-state index contributed by atoms with van der Waals surface area (Å²) in [6, 6.07) is 0. The maximum absolute atomic E-state index is 10.0. The fraction of sp³-hybridized carbons (Fsp3) is 0.625. The molecule has 0 N–H and O–H groups in total. The standard InChI is InChI=1S/C8H13NO2/c1-2-8(11-7-10)9-5-3-4-6-9/h2,7-8H,1,3-6H2. The summed E-state index contributed by atoms with van der Waals surface area (Å²) < 4.78 is 4.80. The van der Waals surface area contributed by atoms with Crippen LogP contribution >= 0.6 is 0 Å². The Morgan fingerprint density at radius 3 is 2.55 bits per heavy atom. The smallest absolute Gasteiger partial charge is 0.294 e. The summed E-state index contributed by atoms with van der Waals surface area (Å²) in [6.07, 6.45) is 3.81. The number of rotatable bonds is 4. The molecule has 1 aliphatic heterocycles. The first-order chi connectivity index (χ1) is 5.38. The molecule has 0 aromatic rings. The van der Waals surface area contributed by atoms with E-state index in [1.165, 1.54) is 12.8 Å². The van der Waals surface area contributed by atoms with Crippen LogP contribution in [0.15, 0.2) is 12.7 Å². The van der Waals surface area contributed by atoms with Crippen LogP contribution in [0.2, 0.25) is 0 Å². The van der Waals surface area contributed by atoms with Gasteiger partial charge in [0.1, 0.15) is 0 Å². The first kappa shape index (κ1) is 8.27. The van der Waals surface area contributed by atoms with E-state index in [2.05, 4.69) is 11.5 Å². The highest BCUT2D eigenvalue weighted by Crippen LogP contribution is 2.12. The predicted octanol–water partition coefficient (Wildman–Crippen LogP) is 0.767. The van der Waals surface area contributed by atoms with Crippen molar-refractivity contribution in [3.05, 3.63) is 12.7 Å². The highest BCUT2D eigenvalue weighted by Gasteiger charge is 2.19. The average molecular weight is 155 g/mol. The molecule has 3 heteroatoms. The predicted molar refractivity (Wildman–Crippen MR) is 41.9 cm³/mol. The van der Waals surface area contributed by atoms with Gasteiger partial charge in [0.15, 0.2) is 6.23 Å². The maximum atomic E-state index is 10.0. The van der Waals surface area contributed by atoms with Crippen molar-refractivity contribution in [2.45, 2.75) is 19.1 Å². The molecule has 0 spiro atoms. The van der Waals surface area contributed by atoms with Gasteiger partial charge in [-0.3, -0.25) is 9.69 Å². The van der Waals surface area contributed by atoms with Crippen molar-refractivity contribution in [3.8, 4) is 0 Å². The van der Waals surface area contributed by atoms with Gasteiger partial charge in [-0.2, -0.15) is 0 Å². The Morgan fingerprint density at radius 2 is 2.09 bits per heavy atom. The second-order valence-corrected chi connectivity index (χ2v) is 2.60. The van der Waals surface area contributed by atoms with Crippen LogP contribution < -0.4 is 0 Å². The third-order valence-corrected chi connectivity index (χ3v) is 1.90. The van der Waals surface area contributed by atoms with Crippen molar-refractivity contribution in [1.29, 1.82) is 0 Å². The summed E-state index contributed by atoms with van der Waals surface area (Å²) in [6.45, 7) is 6.08. The zero-order valence-corrected chi connectivity index (χ0v) is 6.53. The Balaban J connectivity index is 2.39. The molecule has 1 aliphatic rings. The van der Waals surface area contributed by atoms with E-state index < -0.39 is 0 Å². The molecule has 0 radical (unpaired) electrons. The monoisotopic (exact) mass is 155 g/mol. The second-order valence-electron chi connectivity index (χ2n) is 2.60. The number of ether oxygens (including phenoxy) is 1. The molecule has 0 amide bonds. The molecule has 1 saturated heterocycles. The van der Waals surface area contributed by atoms with Crippen LogP contribution in [0.5, 0.6) is 0 Å². The Bertz CT molecular complexity index is 141. The molecular weight excluding hydrogens is 142 g/mol. The third kappa shape index (κ3) is 2.05. The van der Waals surface area contributed by atoms with E-state index in [0.717, 1.165) is 13.1 Å². The molecule has 1 heterocycles. The molecule has 1 atom stereocenters. The first-order valence-electron chi connectivity index (χ1n) is 3.84. The average Bonchev–Trinajstić information content (AvgIpc) is 2.52. The Morgan fingerprint density at radius 1 is 1.45 bits per heavy atom. The summed E-state index contributed by atoms with van der Waals surface area (Å²) in [5.74, 6) is 0. The van der Waals surface area contributed by atoms with Crippen LogP contribution in [-0.2, 0) is 9.53 Å². The van der Waals surface area contributed by atoms with E-state index in [1.807, 2.05) is 0 Å². The molecule has 1 fully saturated rings. The topological polar surface area (TPSA) is 29.5 Å². The lowest BCUT2D eigenvalue weighted by molar-refractivity contribution is -0.138. The molecule has 0 saturated carbocycles. The number of carbonyl (C=O) groups is 1. The summed E-state index contributed by atoms with van der Waals surface area (Å²) in [5.41, 5.74) is 0. The molecule has 11 heavy (non-hydrogen) atoms. The summed E-state index contributed by atoms with van der Waals surface area (Å²) >= 11 is 0. The van der Waals surface area contributed by atoms with E-state index >= 15 is 0 Å². The molecular formula is C8H13NO2. The van der Waals surface area contributed by atoms with Crippen LogP contribution in [0.25, 0.3) is 0 Å². The highest BCUT2D eigenvalue weighted by atomic mass is 16.5. The lowest BCUT2D eigenvalue weighted by Crippen LogP contribution is -2.32. The maximum Gasteiger partial charge on any atom is 0.294 e. The van der Waals surface area contributed by atoms with Gasteiger partial charge in [-0.05, 0) is 18.9 Å². The van der Waals surface area contributed by atoms with Gasteiger partial charge in [0.2, 0.25) is 0 Å². The molecule has 0 aromatic carbocycles. The van der Waals surface area contributed by atoms with Gasteiger partial charge in [0.25, 0.3) is 6.47 Å². The van der Waals surface area contributed by atoms with E-state index in [-0.39, 0.29) is 6.23 Å². The number of hydrogen-bond donors (Lipinski definition) is 0. The van der Waals surface area contributed by atoms with Crippen LogP contribution in [0.1, 0.15) is 12.8 Å². The van der Waals surface area contributed by atoms with Gasteiger partial charge >= 0.3 is 0 Å². The summed E-state index contributed by atoms with van der Waals surface area (Å²) in [4.78, 5) is 12.1. The van der Waals surface area contributed by atoms with Gasteiger partial charge in [-0.25, -0.2) is 0 Å². The van der Waals surface area contributed by atoms with Crippen LogP contribution in [0, 0.1) is 0 Å². The lowest BCUT2D eigenvalue weighted by Gasteiger charge is -2.21. The Hall–Kier alpha value is -0.830. The van der Waals surface area contributed by atoms with Crippen molar-refractivity contribution in [1.82, 2.24) is 4.90 Å². The summed E-state index contributed by atoms with van der Waals surface area (Å²) in [7, 11) is 0. The van der Waals surface area contributed by atoms with E-state index in [1.54, 1.807) is 6.08 Å². The number of hydrogen-bond acceptors (Lipinski definition) is 3. The van der Waals surface area contributed by atoms with E-state index in [0.29, 0.717) is 6.47 Å². The fourth-order valence-corrected chi connectivity index (χ4v) is 1.34. The molecule has 0 aromatic heterocycles. The fourth-order valence-electron chi connectivity index (χ4n) is 1.34. The molecule has 62 valence electrons. The number of likely N-dealkylation sites (tertiary alicyclic amines) is 1. The minimum Gasteiger partial charge on any atom is -0.445 e. The molecule has 3 nitrogen and oxygen atoms in total. The quantitative estimate of drug-likeness (QED) is 0.443. The largest absolute Gasteiger partial charge is 0.445 e. The lowest BCUT2D eigenvalue weighted by atomic mass is 10.4. The van der Waals surface area contributed by atoms with Crippen molar-refractivity contribution >= 4 is 6.47 Å². The zero-order chi connectivity index (χ0) is 8.10. The van der Waals surface area contributed by atoms with Crippen LogP contribution in [-0.4, -0.2) is 30.7 Å². The Kier molecular flexibility index (Phi) is 3.11. The van der Waals surface area contributed by atoms with E-state index in [9.17, 15) is 4.79 Å². The minimum absolute atomic E-state index is 0.213. The van der Waals surface area contributed by atoms with Crippen molar-refractivity contribution in [3.63, 3.8) is 0 Å². The number of nitrogens with zero attached hydrogens (tertiary/aromatic N) is 1. The Labute approximate surface area is 66.6 Å². The highest BCUT2D eigenvalue weighted by molar-refractivity contribution is 5.37. The van der Waals surface area contributed by atoms with Crippen LogP contribution in [0.3, 0.4) is 0 Å². The van der Waals surface area contributed by atoms with E-state index in [4.69, 9.17) is 4.74 Å². The first-order valence-corrected chi connectivity index (χ1v) is 3.84. The van der Waals surface area contributed by atoms with Crippen molar-refractivity contribution in [2.24, 2.45) is 0 Å². The molecule has 1 rings (SSSR count). The van der Waals surface area contributed by atoms with Crippen LogP contribution in [0.4, 0.5) is 0 Å². The van der Waals surface area contributed by atoms with Gasteiger partial charge in [-0.1, -0.05) is 6.58 Å². The van der Waals surface area contributed by atoms with Gasteiger partial charge in [0, 0.05) is 13.1 Å². The SMILES string of the molecule is C=CC(OC=O)N1CCCC1. The molecule has 0 bridgehead atoms. The van der Waals surface area contributed by atoms with Gasteiger partial charge < -0.3 is 4.74 Å². The van der Waals surface area contributed by atoms with Crippen molar-refractivity contribution in [2.75, 3.05) is 13.1 Å².